The molecule has 0 radical (unpaired) electrons. The number of nitrogens with one attached hydrogen (secondary N) is 2. The summed E-state index contributed by atoms with van der Waals surface area (Å²) in [5, 5.41) is 0.438. The van der Waals surface area contributed by atoms with Gasteiger partial charge in [0, 0.05) is 11.6 Å². The van der Waals surface area contributed by atoms with E-state index in [0.29, 0.717) is 29.4 Å². The van der Waals surface area contributed by atoms with Gasteiger partial charge < -0.3 is 9.72 Å². The first-order valence-corrected chi connectivity index (χ1v) is 12.1. The highest BCUT2D eigenvalue weighted by molar-refractivity contribution is 7.89. The lowest BCUT2D eigenvalue weighted by Gasteiger charge is -2.31. The van der Waals surface area contributed by atoms with Crippen LogP contribution >= 0.6 is 0 Å². The Kier molecular flexibility index (Phi) is 6.82. The predicted octanol–water partition coefficient (Wildman–Crippen LogP) is 4.86. The van der Waals surface area contributed by atoms with Crippen molar-refractivity contribution >= 4 is 27.0 Å². The van der Waals surface area contributed by atoms with Gasteiger partial charge in [0.15, 0.2) is 0 Å². The van der Waals surface area contributed by atoms with Crippen molar-refractivity contribution in [2.75, 3.05) is 0 Å². The summed E-state index contributed by atoms with van der Waals surface area (Å²) in [6, 6.07) is 7.44. The molecule has 7 nitrogen and oxygen atoms in total. The van der Waals surface area contributed by atoms with Gasteiger partial charge in [-0.1, -0.05) is 18.6 Å². The van der Waals surface area contributed by atoms with Crippen LogP contribution in [0.2, 0.25) is 0 Å². The summed E-state index contributed by atoms with van der Waals surface area (Å²) in [6.45, 7) is 0. The summed E-state index contributed by atoms with van der Waals surface area (Å²) >= 11 is 0. The molecule has 4 rings (SSSR count). The number of hydrogen-bond donors (Lipinski definition) is 2. The second kappa shape index (κ2) is 9.53. The molecule has 0 aliphatic heterocycles. The molecule has 2 aromatic heterocycles. The number of pyridine rings is 1. The standard InChI is InChI=1S/C22H20F5N3O4S/c23-19(24)17-11-15-14(9-10-28-20(15)29-17)12-5-7-13(8-6-12)35(32,33)30-16-3-1-2-4-18(16)34-21(31)22(25,26)27/h5-11,16,18-19,30H,1-4H2,(H,28,29)/t16-,18-/m0/s1. The number of nitrogens with zero attached hydrogens (tertiary/aromatic N) is 1. The summed E-state index contributed by atoms with van der Waals surface area (Å²) in [7, 11) is -4.15. The molecular formula is C22H20F5N3O4S. The largest absolute Gasteiger partial charge is 0.490 e. The second-order valence-electron chi connectivity index (χ2n) is 8.12. The molecule has 0 spiro atoms. The summed E-state index contributed by atoms with van der Waals surface area (Å²) in [4.78, 5) is 17.7. The molecule has 0 amide bonds. The molecular weight excluding hydrogens is 497 g/mol. The number of halogens is 5. The van der Waals surface area contributed by atoms with Crippen molar-refractivity contribution in [3.8, 4) is 11.1 Å². The van der Waals surface area contributed by atoms with Crippen molar-refractivity contribution in [1.29, 1.82) is 0 Å². The van der Waals surface area contributed by atoms with E-state index in [1.165, 1.54) is 36.5 Å². The van der Waals surface area contributed by atoms with Crippen LogP contribution in [0.1, 0.15) is 37.8 Å². The monoisotopic (exact) mass is 517 g/mol. The van der Waals surface area contributed by atoms with Gasteiger partial charge in [-0.2, -0.15) is 13.2 Å². The Morgan fingerprint density at radius 2 is 1.80 bits per heavy atom. The number of H-pyrrole nitrogens is 1. The molecule has 0 saturated heterocycles. The molecule has 13 heteroatoms. The number of alkyl halides is 5. The van der Waals surface area contributed by atoms with E-state index in [2.05, 4.69) is 19.4 Å². The summed E-state index contributed by atoms with van der Waals surface area (Å²) in [6.07, 6.45) is -6.34. The molecule has 3 aromatic rings. The summed E-state index contributed by atoms with van der Waals surface area (Å²) in [5.74, 6) is -2.36. The third-order valence-electron chi connectivity index (χ3n) is 5.76. The molecule has 1 aromatic carbocycles. The van der Waals surface area contributed by atoms with Crippen LogP contribution in [0.25, 0.3) is 22.2 Å². The average Bonchev–Trinajstić information content (AvgIpc) is 3.25. The zero-order valence-corrected chi connectivity index (χ0v) is 18.8. The van der Waals surface area contributed by atoms with Crippen molar-refractivity contribution < 1.29 is 39.9 Å². The first-order chi connectivity index (χ1) is 16.5. The number of benzene rings is 1. The van der Waals surface area contributed by atoms with Crippen molar-refractivity contribution in [2.45, 2.75) is 55.3 Å². The summed E-state index contributed by atoms with van der Waals surface area (Å²) < 4.78 is 96.6. The Labute approximate surface area is 196 Å². The molecule has 35 heavy (non-hydrogen) atoms. The first-order valence-electron chi connectivity index (χ1n) is 10.6. The van der Waals surface area contributed by atoms with E-state index in [4.69, 9.17) is 0 Å². The third-order valence-corrected chi connectivity index (χ3v) is 7.27. The minimum absolute atomic E-state index is 0.100. The molecule has 0 bridgehead atoms. The van der Waals surface area contributed by atoms with Gasteiger partial charge in [0.1, 0.15) is 11.8 Å². The smallest absolute Gasteiger partial charge is 0.454 e. The summed E-state index contributed by atoms with van der Waals surface area (Å²) in [5.41, 5.74) is 1.07. The average molecular weight is 517 g/mol. The number of aromatic nitrogens is 2. The minimum atomic E-state index is -5.18. The van der Waals surface area contributed by atoms with E-state index < -0.39 is 40.7 Å². The maximum Gasteiger partial charge on any atom is 0.490 e. The minimum Gasteiger partial charge on any atom is -0.454 e. The Hall–Kier alpha value is -3.06. The van der Waals surface area contributed by atoms with E-state index in [0.717, 1.165) is 0 Å². The van der Waals surface area contributed by atoms with Crippen LogP contribution in [0.5, 0.6) is 0 Å². The predicted molar refractivity (Wildman–Crippen MR) is 115 cm³/mol. The maximum absolute atomic E-state index is 13.1. The Morgan fingerprint density at radius 3 is 2.46 bits per heavy atom. The molecule has 1 fully saturated rings. The van der Waals surface area contributed by atoms with Crippen LogP contribution in [-0.2, 0) is 19.6 Å². The van der Waals surface area contributed by atoms with Crippen molar-refractivity contribution in [3.05, 3.63) is 48.3 Å². The number of esters is 1. The molecule has 0 unspecified atom stereocenters. The van der Waals surface area contributed by atoms with Gasteiger partial charge in [0.05, 0.1) is 16.6 Å². The Balaban J connectivity index is 1.55. The van der Waals surface area contributed by atoms with Crippen molar-refractivity contribution in [2.24, 2.45) is 0 Å². The highest BCUT2D eigenvalue weighted by atomic mass is 32.2. The molecule has 1 aliphatic rings. The van der Waals surface area contributed by atoms with E-state index in [1.54, 1.807) is 6.07 Å². The fraction of sp³-hybridized carbons (Fsp3) is 0.364. The van der Waals surface area contributed by atoms with Crippen LogP contribution in [0.3, 0.4) is 0 Å². The normalized spacial score (nSPS) is 19.3. The molecule has 188 valence electrons. The van der Waals surface area contributed by atoms with Gasteiger partial charge in [-0.05, 0) is 54.7 Å². The number of carbonyl (C=O) groups is 1. The number of sulfonamides is 1. The van der Waals surface area contributed by atoms with E-state index in [9.17, 15) is 35.2 Å². The SMILES string of the molecule is O=C(O[C@H]1CCCC[C@@H]1NS(=O)(=O)c1ccc(-c2ccnc3[nH]c(C(F)F)cc23)cc1)C(F)(F)F. The number of rotatable bonds is 6. The molecule has 2 N–H and O–H groups in total. The van der Waals surface area contributed by atoms with Gasteiger partial charge in [-0.25, -0.2) is 31.7 Å². The number of aromatic amines is 1. The number of carbonyl (C=O) groups excluding carboxylic acids is 1. The van der Waals surface area contributed by atoms with Gasteiger partial charge in [0.25, 0.3) is 6.43 Å². The van der Waals surface area contributed by atoms with Gasteiger partial charge >= 0.3 is 12.1 Å². The van der Waals surface area contributed by atoms with Crippen LogP contribution in [0, 0.1) is 0 Å². The maximum atomic E-state index is 13.1. The zero-order valence-electron chi connectivity index (χ0n) is 18.0. The van der Waals surface area contributed by atoms with Gasteiger partial charge in [-0.15, -0.1) is 0 Å². The van der Waals surface area contributed by atoms with E-state index in [1.807, 2.05) is 0 Å². The zero-order chi connectivity index (χ0) is 25.4. The highest BCUT2D eigenvalue weighted by Gasteiger charge is 2.44. The quantitative estimate of drug-likeness (QED) is 0.359. The van der Waals surface area contributed by atoms with Crippen LogP contribution in [0.4, 0.5) is 22.0 Å². The van der Waals surface area contributed by atoms with Crippen molar-refractivity contribution in [1.82, 2.24) is 14.7 Å². The lowest BCUT2D eigenvalue weighted by Crippen LogP contribution is -2.48. The van der Waals surface area contributed by atoms with Crippen molar-refractivity contribution in [3.63, 3.8) is 0 Å². The first kappa shape index (κ1) is 25.0. The Bertz CT molecular complexity index is 1320. The van der Waals surface area contributed by atoms with Crippen LogP contribution in [-0.4, -0.2) is 42.7 Å². The van der Waals surface area contributed by atoms with Gasteiger partial charge in [0.2, 0.25) is 10.0 Å². The lowest BCUT2D eigenvalue weighted by atomic mass is 9.93. The lowest BCUT2D eigenvalue weighted by molar-refractivity contribution is -0.206. The van der Waals surface area contributed by atoms with E-state index >= 15 is 0 Å². The fourth-order valence-corrected chi connectivity index (χ4v) is 5.37. The number of hydrogen-bond acceptors (Lipinski definition) is 5. The molecule has 1 saturated carbocycles. The Morgan fingerprint density at radius 1 is 1.11 bits per heavy atom. The molecule has 1 aliphatic carbocycles. The van der Waals surface area contributed by atoms with E-state index in [-0.39, 0.29) is 29.1 Å². The topological polar surface area (TPSA) is 101 Å². The molecule has 2 atom stereocenters. The van der Waals surface area contributed by atoms with Gasteiger partial charge in [-0.3, -0.25) is 0 Å². The third kappa shape index (κ3) is 5.45. The van der Waals surface area contributed by atoms with Crippen LogP contribution < -0.4 is 4.72 Å². The highest BCUT2D eigenvalue weighted by Crippen LogP contribution is 2.32. The number of ether oxygens (including phenoxy) is 1. The number of fused-ring (bicyclic) bond motifs is 1. The fourth-order valence-electron chi connectivity index (χ4n) is 4.07. The second-order valence-corrected chi connectivity index (χ2v) is 9.84. The molecule has 2 heterocycles. The van der Waals surface area contributed by atoms with Crippen LogP contribution in [0.15, 0.2) is 47.5 Å².